The Hall–Kier alpha value is -2.79. The number of aldehydes is 1. The molecule has 1 aromatic rings. The minimum atomic E-state index is -1.16. The van der Waals surface area contributed by atoms with Gasteiger partial charge in [0, 0.05) is 35.1 Å². The Morgan fingerprint density at radius 1 is 1.12 bits per heavy atom. The summed E-state index contributed by atoms with van der Waals surface area (Å²) in [5, 5.41) is 21.4. The van der Waals surface area contributed by atoms with Crippen molar-refractivity contribution in [2.24, 2.45) is 22.2 Å². The molecule has 3 unspecified atom stereocenters. The van der Waals surface area contributed by atoms with Crippen LogP contribution in [0.25, 0.3) is 0 Å². The van der Waals surface area contributed by atoms with E-state index in [1.807, 2.05) is 12.3 Å². The molecule has 3 rings (SSSR count). The van der Waals surface area contributed by atoms with Crippen molar-refractivity contribution in [1.82, 2.24) is 4.98 Å². The van der Waals surface area contributed by atoms with Gasteiger partial charge < -0.3 is 4.79 Å². The molecule has 0 bridgehead atoms. The maximum absolute atomic E-state index is 11.3. The van der Waals surface area contributed by atoms with Crippen molar-refractivity contribution in [2.75, 3.05) is 0 Å². The highest BCUT2D eigenvalue weighted by molar-refractivity contribution is 5.99. The Labute approximate surface area is 198 Å². The van der Waals surface area contributed by atoms with Gasteiger partial charge in [-0.15, -0.1) is 0 Å². The quantitative estimate of drug-likeness (QED) is 0.454. The van der Waals surface area contributed by atoms with Gasteiger partial charge in [-0.2, -0.15) is 10.5 Å². The zero-order chi connectivity index (χ0) is 24.2. The van der Waals surface area contributed by atoms with Gasteiger partial charge in [-0.3, -0.25) is 9.98 Å². The van der Waals surface area contributed by atoms with Gasteiger partial charge in [0.2, 0.25) is 0 Å². The third kappa shape index (κ3) is 4.04. The molecule has 3 atom stereocenters. The number of aliphatic imine (C=N–C) groups is 1. The smallest absolute Gasteiger partial charge is 0.124 e. The van der Waals surface area contributed by atoms with Gasteiger partial charge >= 0.3 is 0 Å². The van der Waals surface area contributed by atoms with Gasteiger partial charge in [-0.25, -0.2) is 0 Å². The maximum atomic E-state index is 11.3. The summed E-state index contributed by atoms with van der Waals surface area (Å²) in [4.78, 5) is 21.1. The van der Waals surface area contributed by atoms with E-state index < -0.39 is 16.7 Å². The molecular formula is C28H36N4O. The van der Waals surface area contributed by atoms with E-state index in [1.54, 1.807) is 0 Å². The Balaban J connectivity index is 2.43. The van der Waals surface area contributed by atoms with E-state index >= 15 is 0 Å². The minimum Gasteiger partial charge on any atom is -0.303 e. The molecule has 2 heterocycles. The molecule has 0 N–H and O–H groups in total. The van der Waals surface area contributed by atoms with E-state index in [0.29, 0.717) is 6.42 Å². The van der Waals surface area contributed by atoms with Crippen molar-refractivity contribution < 1.29 is 4.79 Å². The minimum absolute atomic E-state index is 0.000217. The van der Waals surface area contributed by atoms with E-state index in [9.17, 15) is 15.3 Å². The second-order valence-corrected chi connectivity index (χ2v) is 10.2. The third-order valence-corrected chi connectivity index (χ3v) is 7.67. The standard InChI is InChI=1S/C28H36N4O/c1-19(2)25-16-21(13-14-31-25)27(5)23-11-7-6-8-12-24(23)32-26(20(3)4)28(27,18-30)22(17-29)10-9-15-33/h13-16,19-20,22H,6-12H2,1-5H3. The highest BCUT2D eigenvalue weighted by Gasteiger charge is 2.62. The predicted molar refractivity (Wildman–Crippen MR) is 131 cm³/mol. The van der Waals surface area contributed by atoms with Crippen LogP contribution in [0.4, 0.5) is 0 Å². The monoisotopic (exact) mass is 444 g/mol. The number of nitrogens with zero attached hydrogens (tertiary/aromatic N) is 4. The third-order valence-electron chi connectivity index (χ3n) is 7.67. The molecule has 0 radical (unpaired) electrons. The predicted octanol–water partition coefficient (Wildman–Crippen LogP) is 6.42. The molecule has 5 heteroatoms. The Morgan fingerprint density at radius 3 is 2.45 bits per heavy atom. The number of allylic oxidation sites excluding steroid dienone is 2. The largest absolute Gasteiger partial charge is 0.303 e. The lowest BCUT2D eigenvalue weighted by molar-refractivity contribution is -0.108. The number of aromatic nitrogens is 1. The highest BCUT2D eigenvalue weighted by atomic mass is 16.1. The van der Waals surface area contributed by atoms with E-state index in [1.165, 1.54) is 5.57 Å². The SMILES string of the molecule is CC(C)C1=NC2=C(CCCCC2)C(C)(c2ccnc(C(C)C)c2)C1(C#N)C(C#N)CCC=O. The molecule has 2 aliphatic rings. The number of pyridine rings is 1. The van der Waals surface area contributed by atoms with E-state index in [4.69, 9.17) is 4.99 Å². The average molecular weight is 445 g/mol. The van der Waals surface area contributed by atoms with Gasteiger partial charge in [0.25, 0.3) is 0 Å². The van der Waals surface area contributed by atoms with Crippen LogP contribution >= 0.6 is 0 Å². The summed E-state index contributed by atoms with van der Waals surface area (Å²) in [6, 6.07) is 9.28. The van der Waals surface area contributed by atoms with Crippen molar-refractivity contribution in [3.8, 4) is 12.1 Å². The molecule has 1 aliphatic carbocycles. The lowest BCUT2D eigenvalue weighted by Crippen LogP contribution is -2.57. The van der Waals surface area contributed by atoms with Crippen molar-refractivity contribution in [3.63, 3.8) is 0 Å². The van der Waals surface area contributed by atoms with Crippen LogP contribution in [0.1, 0.15) is 96.7 Å². The average Bonchev–Trinajstić information content (AvgIpc) is 3.06. The first kappa shape index (κ1) is 24.8. The molecule has 33 heavy (non-hydrogen) atoms. The second-order valence-electron chi connectivity index (χ2n) is 10.2. The summed E-state index contributed by atoms with van der Waals surface area (Å²) in [6.45, 7) is 10.5. The molecule has 5 nitrogen and oxygen atoms in total. The second kappa shape index (κ2) is 10.0. The number of carbonyl (C=O) groups is 1. The topological polar surface area (TPSA) is 89.9 Å². The molecule has 0 saturated heterocycles. The molecule has 0 spiro atoms. The number of nitriles is 2. The summed E-state index contributed by atoms with van der Waals surface area (Å²) in [6.07, 6.45) is 8.33. The Morgan fingerprint density at radius 2 is 1.85 bits per heavy atom. The van der Waals surface area contributed by atoms with E-state index in [0.717, 1.165) is 61.1 Å². The zero-order valence-electron chi connectivity index (χ0n) is 20.7. The summed E-state index contributed by atoms with van der Waals surface area (Å²) < 4.78 is 0. The first-order chi connectivity index (χ1) is 15.8. The van der Waals surface area contributed by atoms with Gasteiger partial charge in [0.05, 0.1) is 18.1 Å². The molecule has 0 fully saturated rings. The molecule has 0 saturated carbocycles. The van der Waals surface area contributed by atoms with Crippen LogP contribution in [-0.2, 0) is 10.2 Å². The maximum Gasteiger partial charge on any atom is 0.124 e. The normalized spacial score (nSPS) is 26.2. The van der Waals surface area contributed by atoms with Crippen LogP contribution in [0.2, 0.25) is 0 Å². The molecule has 174 valence electrons. The van der Waals surface area contributed by atoms with E-state index in [-0.39, 0.29) is 18.3 Å². The van der Waals surface area contributed by atoms with Gasteiger partial charge in [-0.1, -0.05) is 34.1 Å². The van der Waals surface area contributed by atoms with Crippen molar-refractivity contribution >= 4 is 12.0 Å². The summed E-state index contributed by atoms with van der Waals surface area (Å²) in [7, 11) is 0. The van der Waals surface area contributed by atoms with Crippen LogP contribution in [0.5, 0.6) is 0 Å². The van der Waals surface area contributed by atoms with Gasteiger partial charge in [0.1, 0.15) is 11.7 Å². The van der Waals surface area contributed by atoms with Gasteiger partial charge in [0.15, 0.2) is 0 Å². The lowest BCUT2D eigenvalue weighted by Gasteiger charge is -2.52. The zero-order valence-corrected chi connectivity index (χ0v) is 20.7. The molecule has 0 amide bonds. The molecule has 0 aromatic carbocycles. The van der Waals surface area contributed by atoms with Crippen LogP contribution in [0, 0.1) is 39.9 Å². The number of carbonyl (C=O) groups excluding carboxylic acids is 1. The Kier molecular flexibility index (Phi) is 7.53. The fourth-order valence-corrected chi connectivity index (χ4v) is 5.90. The van der Waals surface area contributed by atoms with Crippen molar-refractivity contribution in [2.45, 2.75) is 90.9 Å². The van der Waals surface area contributed by atoms with Crippen LogP contribution in [-0.4, -0.2) is 17.0 Å². The number of rotatable bonds is 7. The van der Waals surface area contributed by atoms with Crippen LogP contribution < -0.4 is 0 Å². The van der Waals surface area contributed by atoms with Crippen molar-refractivity contribution in [1.29, 1.82) is 10.5 Å². The first-order valence-electron chi connectivity index (χ1n) is 12.3. The number of hydrogen-bond donors (Lipinski definition) is 0. The van der Waals surface area contributed by atoms with Crippen LogP contribution in [0.3, 0.4) is 0 Å². The van der Waals surface area contributed by atoms with E-state index in [2.05, 4.69) is 57.8 Å². The first-order valence-corrected chi connectivity index (χ1v) is 12.3. The fraction of sp³-hybridized carbons (Fsp3) is 0.607. The summed E-state index contributed by atoms with van der Waals surface area (Å²) >= 11 is 0. The molecule has 1 aliphatic heterocycles. The highest BCUT2D eigenvalue weighted by Crippen LogP contribution is 2.59. The summed E-state index contributed by atoms with van der Waals surface area (Å²) in [5.74, 6) is -0.400. The fourth-order valence-electron chi connectivity index (χ4n) is 5.90. The Bertz CT molecular complexity index is 1040. The molecular weight excluding hydrogens is 408 g/mol. The molecule has 1 aromatic heterocycles. The lowest BCUT2D eigenvalue weighted by atomic mass is 9.48. The van der Waals surface area contributed by atoms with Gasteiger partial charge in [-0.05, 0) is 74.1 Å². The van der Waals surface area contributed by atoms with Crippen molar-refractivity contribution in [3.05, 3.63) is 40.9 Å². The number of hydrogen-bond acceptors (Lipinski definition) is 5. The van der Waals surface area contributed by atoms with Crippen LogP contribution in [0.15, 0.2) is 34.6 Å². The summed E-state index contributed by atoms with van der Waals surface area (Å²) in [5.41, 5.74) is 3.20.